The van der Waals surface area contributed by atoms with E-state index in [9.17, 15) is 0 Å². The molecule has 3 aromatic heterocycles. The molecule has 36 heavy (non-hydrogen) atoms. The molecule has 6 aromatic rings. The molecule has 0 atom stereocenters. The Balaban J connectivity index is 1.68. The van der Waals surface area contributed by atoms with Crippen LogP contribution in [-0.4, -0.2) is 14.5 Å². The van der Waals surface area contributed by atoms with Gasteiger partial charge < -0.3 is 0 Å². The molecule has 6 rings (SSSR count). The van der Waals surface area contributed by atoms with Gasteiger partial charge in [-0.05, 0) is 70.5 Å². The Morgan fingerprint density at radius 2 is 1.47 bits per heavy atom. The van der Waals surface area contributed by atoms with Crippen LogP contribution in [0.1, 0.15) is 50.7 Å². The van der Waals surface area contributed by atoms with Crippen molar-refractivity contribution in [3.05, 3.63) is 102 Å². The molecule has 0 aliphatic rings. The van der Waals surface area contributed by atoms with E-state index in [0.29, 0.717) is 11.8 Å². The van der Waals surface area contributed by atoms with Crippen LogP contribution in [0.5, 0.6) is 0 Å². The standard InChI is InChI=1S/C32H29N3S/c1-20(2)24-8-7-9-25(21(3)4)31(24)35-29-11-6-5-10-28(29)34-32(35)27-19-36-30-13-12-23(18-26(27)30)22-14-16-33-17-15-22/h5-21H,1-4H3. The van der Waals surface area contributed by atoms with Crippen molar-refractivity contribution in [2.75, 3.05) is 0 Å². The first kappa shape index (κ1) is 22.7. The summed E-state index contributed by atoms with van der Waals surface area (Å²) in [6, 6.07) is 26.1. The lowest BCUT2D eigenvalue weighted by atomic mass is 9.92. The molecule has 0 fully saturated rings. The first-order valence-electron chi connectivity index (χ1n) is 12.6. The molecule has 0 saturated carbocycles. The van der Waals surface area contributed by atoms with Gasteiger partial charge in [-0.1, -0.05) is 64.1 Å². The Hall–Kier alpha value is -3.76. The summed E-state index contributed by atoms with van der Waals surface area (Å²) in [6.07, 6.45) is 3.70. The van der Waals surface area contributed by atoms with Crippen LogP contribution < -0.4 is 0 Å². The Bertz CT molecular complexity index is 1660. The normalized spacial score (nSPS) is 11.8. The fourth-order valence-electron chi connectivity index (χ4n) is 5.13. The fraction of sp³-hybridized carbons (Fsp3) is 0.188. The second kappa shape index (κ2) is 9.03. The largest absolute Gasteiger partial charge is 0.292 e. The van der Waals surface area contributed by atoms with Crippen LogP contribution in [0.2, 0.25) is 0 Å². The molecule has 0 radical (unpaired) electrons. The first-order valence-corrected chi connectivity index (χ1v) is 13.4. The molecule has 178 valence electrons. The predicted octanol–water partition coefficient (Wildman–Crippen LogP) is 9.22. The van der Waals surface area contributed by atoms with E-state index in [1.54, 1.807) is 11.3 Å². The number of imidazole rings is 1. The average Bonchev–Trinajstić information content (AvgIpc) is 3.49. The number of thiophene rings is 1. The number of hydrogen-bond acceptors (Lipinski definition) is 3. The van der Waals surface area contributed by atoms with Gasteiger partial charge in [-0.15, -0.1) is 11.3 Å². The zero-order valence-corrected chi connectivity index (χ0v) is 21.9. The highest BCUT2D eigenvalue weighted by atomic mass is 32.1. The van der Waals surface area contributed by atoms with Crippen LogP contribution in [0.4, 0.5) is 0 Å². The second-order valence-corrected chi connectivity index (χ2v) is 10.9. The summed E-state index contributed by atoms with van der Waals surface area (Å²) in [5.74, 6) is 1.79. The van der Waals surface area contributed by atoms with Gasteiger partial charge in [-0.2, -0.15) is 0 Å². The van der Waals surface area contributed by atoms with Gasteiger partial charge in [0.2, 0.25) is 0 Å². The quantitative estimate of drug-likeness (QED) is 0.243. The fourth-order valence-corrected chi connectivity index (χ4v) is 6.05. The summed E-state index contributed by atoms with van der Waals surface area (Å²) >= 11 is 1.78. The van der Waals surface area contributed by atoms with Crippen molar-refractivity contribution >= 4 is 32.5 Å². The molecule has 0 aliphatic carbocycles. The van der Waals surface area contributed by atoms with Gasteiger partial charge in [0.1, 0.15) is 5.82 Å². The Kier molecular flexibility index (Phi) is 5.69. The van der Waals surface area contributed by atoms with Gasteiger partial charge in [-0.3, -0.25) is 9.55 Å². The molecule has 3 nitrogen and oxygen atoms in total. The summed E-state index contributed by atoms with van der Waals surface area (Å²) in [5.41, 5.74) is 9.68. The number of nitrogens with zero attached hydrogens (tertiary/aromatic N) is 3. The van der Waals surface area contributed by atoms with Crippen LogP contribution in [0.15, 0.2) is 90.6 Å². The third-order valence-electron chi connectivity index (χ3n) is 6.95. The molecule has 0 unspecified atom stereocenters. The number of para-hydroxylation sites is 3. The Morgan fingerprint density at radius 1 is 0.750 bits per heavy atom. The lowest BCUT2D eigenvalue weighted by Crippen LogP contribution is -2.08. The SMILES string of the molecule is CC(C)c1cccc(C(C)C)c1-n1c(-c2csc3ccc(-c4ccncc4)cc23)nc2ccccc21. The highest BCUT2D eigenvalue weighted by Gasteiger charge is 2.23. The van der Waals surface area contributed by atoms with Crippen molar-refractivity contribution in [1.82, 2.24) is 14.5 Å². The Labute approximate surface area is 216 Å². The maximum absolute atomic E-state index is 5.24. The zero-order valence-electron chi connectivity index (χ0n) is 21.1. The molecule has 3 aromatic carbocycles. The minimum absolute atomic E-state index is 0.394. The highest BCUT2D eigenvalue weighted by molar-refractivity contribution is 7.17. The molecule has 0 aliphatic heterocycles. The van der Waals surface area contributed by atoms with Gasteiger partial charge >= 0.3 is 0 Å². The number of pyridine rings is 1. The van der Waals surface area contributed by atoms with E-state index in [2.05, 4.69) is 115 Å². The number of aromatic nitrogens is 3. The number of hydrogen-bond donors (Lipinski definition) is 0. The molecular formula is C32H29N3S. The molecule has 0 spiro atoms. The van der Waals surface area contributed by atoms with E-state index < -0.39 is 0 Å². The summed E-state index contributed by atoms with van der Waals surface area (Å²) in [5, 5.41) is 3.50. The van der Waals surface area contributed by atoms with Crippen LogP contribution in [-0.2, 0) is 0 Å². The molecular weight excluding hydrogens is 458 g/mol. The molecule has 0 N–H and O–H groups in total. The van der Waals surface area contributed by atoms with Crippen LogP contribution in [0, 0.1) is 0 Å². The van der Waals surface area contributed by atoms with E-state index in [-0.39, 0.29) is 0 Å². The van der Waals surface area contributed by atoms with Crippen molar-refractivity contribution in [2.45, 2.75) is 39.5 Å². The van der Waals surface area contributed by atoms with Crippen LogP contribution in [0.3, 0.4) is 0 Å². The summed E-state index contributed by atoms with van der Waals surface area (Å²) in [6.45, 7) is 9.12. The van der Waals surface area contributed by atoms with E-state index in [0.717, 1.165) is 16.9 Å². The predicted molar refractivity (Wildman–Crippen MR) is 153 cm³/mol. The maximum atomic E-state index is 5.24. The molecule has 0 amide bonds. The summed E-state index contributed by atoms with van der Waals surface area (Å²) in [4.78, 5) is 9.44. The number of rotatable bonds is 5. The molecule has 4 heteroatoms. The van der Waals surface area contributed by atoms with Crippen LogP contribution >= 0.6 is 11.3 Å². The minimum atomic E-state index is 0.394. The topological polar surface area (TPSA) is 30.7 Å². The van der Waals surface area contributed by atoms with Gasteiger partial charge in [0, 0.05) is 33.4 Å². The lowest BCUT2D eigenvalue weighted by molar-refractivity contribution is 0.811. The molecule has 0 saturated heterocycles. The summed E-state index contributed by atoms with van der Waals surface area (Å²) < 4.78 is 3.68. The van der Waals surface area contributed by atoms with E-state index in [1.807, 2.05) is 12.4 Å². The first-order chi connectivity index (χ1) is 17.5. The summed E-state index contributed by atoms with van der Waals surface area (Å²) in [7, 11) is 0. The number of benzene rings is 3. The minimum Gasteiger partial charge on any atom is -0.292 e. The van der Waals surface area contributed by atoms with Gasteiger partial charge in [0.05, 0.1) is 16.7 Å². The lowest BCUT2D eigenvalue weighted by Gasteiger charge is -2.22. The van der Waals surface area contributed by atoms with E-state index in [1.165, 1.54) is 43.6 Å². The van der Waals surface area contributed by atoms with Crippen molar-refractivity contribution in [1.29, 1.82) is 0 Å². The smallest absolute Gasteiger partial charge is 0.147 e. The van der Waals surface area contributed by atoms with Gasteiger partial charge in [0.25, 0.3) is 0 Å². The monoisotopic (exact) mass is 487 g/mol. The van der Waals surface area contributed by atoms with Crippen molar-refractivity contribution < 1.29 is 0 Å². The van der Waals surface area contributed by atoms with E-state index >= 15 is 0 Å². The molecule has 3 heterocycles. The van der Waals surface area contributed by atoms with Gasteiger partial charge in [0.15, 0.2) is 0 Å². The Morgan fingerprint density at radius 3 is 2.19 bits per heavy atom. The average molecular weight is 488 g/mol. The maximum Gasteiger partial charge on any atom is 0.147 e. The zero-order chi connectivity index (χ0) is 24.8. The van der Waals surface area contributed by atoms with Crippen molar-refractivity contribution in [3.63, 3.8) is 0 Å². The van der Waals surface area contributed by atoms with E-state index in [4.69, 9.17) is 4.98 Å². The van der Waals surface area contributed by atoms with Crippen molar-refractivity contribution in [3.8, 4) is 28.2 Å². The van der Waals surface area contributed by atoms with Crippen LogP contribution in [0.25, 0.3) is 49.3 Å². The van der Waals surface area contributed by atoms with Crippen molar-refractivity contribution in [2.24, 2.45) is 0 Å². The number of fused-ring (bicyclic) bond motifs is 2. The van der Waals surface area contributed by atoms with Gasteiger partial charge in [-0.25, -0.2) is 4.98 Å². The third kappa shape index (κ3) is 3.73. The molecule has 0 bridgehead atoms. The third-order valence-corrected chi connectivity index (χ3v) is 7.92. The second-order valence-electron chi connectivity index (χ2n) is 9.95. The highest BCUT2D eigenvalue weighted by Crippen LogP contribution is 2.41.